The number of carbonyl (C=O) groups is 2. The van der Waals surface area contributed by atoms with E-state index < -0.39 is 18.0 Å². The van der Waals surface area contributed by atoms with E-state index in [9.17, 15) is 9.59 Å². The Bertz CT molecular complexity index is 146. The zero-order valence-corrected chi connectivity index (χ0v) is 5.29. The predicted octanol–water partition coefficient (Wildman–Crippen LogP) is -0.852. The first-order chi connectivity index (χ1) is 4.57. The van der Waals surface area contributed by atoms with Crippen LogP contribution < -0.4 is 10.8 Å². The molecule has 0 radical (unpaired) electrons. The normalized spacial score (nSPS) is 11.8. The zero-order valence-electron chi connectivity index (χ0n) is 5.29. The molecule has 58 valence electrons. The lowest BCUT2D eigenvalue weighted by Gasteiger charge is -2.06. The maximum atomic E-state index is 10.4. The fourth-order valence-electron chi connectivity index (χ4n) is 0.348. The Labute approximate surface area is 56.8 Å². The Kier molecular flexibility index (Phi) is 3.20. The highest BCUT2D eigenvalue weighted by atomic mass is 16.5. The van der Waals surface area contributed by atoms with Crippen LogP contribution in [0.25, 0.3) is 0 Å². The van der Waals surface area contributed by atoms with Gasteiger partial charge in [0.1, 0.15) is 6.04 Å². The van der Waals surface area contributed by atoms with Crippen LogP contribution in [0.4, 0.5) is 4.79 Å². The van der Waals surface area contributed by atoms with E-state index in [4.69, 9.17) is 10.3 Å². The Balaban J connectivity index is 3.72. The lowest BCUT2D eigenvalue weighted by molar-refractivity contribution is -0.130. The second-order valence-electron chi connectivity index (χ2n) is 1.65. The summed E-state index contributed by atoms with van der Waals surface area (Å²) in [6.07, 6.45) is -1.31. The van der Waals surface area contributed by atoms with E-state index in [1.165, 1.54) is 12.4 Å². The first-order valence-corrected chi connectivity index (χ1v) is 2.51. The molecule has 0 heterocycles. The van der Waals surface area contributed by atoms with Crippen LogP contribution in [0.15, 0.2) is 0 Å². The van der Waals surface area contributed by atoms with Gasteiger partial charge >= 0.3 is 6.09 Å². The van der Waals surface area contributed by atoms with Gasteiger partial charge in [0.05, 0.1) is 0 Å². The third-order valence-electron chi connectivity index (χ3n) is 0.843. The lowest BCUT2D eigenvalue weighted by atomic mass is 10.3. The van der Waals surface area contributed by atoms with Crippen LogP contribution in [0.1, 0.15) is 6.92 Å². The van der Waals surface area contributed by atoms with Crippen molar-refractivity contribution in [2.24, 2.45) is 0 Å². The summed E-state index contributed by atoms with van der Waals surface area (Å²) in [6, 6.07) is -0.942. The Hall–Kier alpha value is -1.30. The van der Waals surface area contributed by atoms with Gasteiger partial charge < -0.3 is 10.4 Å². The van der Waals surface area contributed by atoms with Gasteiger partial charge in [-0.1, -0.05) is 0 Å². The van der Waals surface area contributed by atoms with Crippen LogP contribution >= 0.6 is 0 Å². The van der Waals surface area contributed by atoms with Gasteiger partial charge in [0.15, 0.2) is 0 Å². The summed E-state index contributed by atoms with van der Waals surface area (Å²) >= 11 is 0. The van der Waals surface area contributed by atoms with Crippen LogP contribution in [0.3, 0.4) is 0 Å². The summed E-state index contributed by atoms with van der Waals surface area (Å²) < 4.78 is 0. The molecule has 0 aromatic heterocycles. The molecule has 1 unspecified atom stereocenters. The molecule has 0 bridgehead atoms. The lowest BCUT2D eigenvalue weighted by Crippen LogP contribution is -2.43. The number of carbonyl (C=O) groups excluding carboxylic acids is 1. The van der Waals surface area contributed by atoms with Crippen LogP contribution in [0, 0.1) is 0 Å². The third kappa shape index (κ3) is 2.88. The average Bonchev–Trinajstić information content (AvgIpc) is 1.85. The largest absolute Gasteiger partial charge is 0.465 e. The van der Waals surface area contributed by atoms with Gasteiger partial charge in [0.25, 0.3) is 5.91 Å². The maximum absolute atomic E-state index is 10.4. The molecule has 0 aliphatic rings. The summed E-state index contributed by atoms with van der Waals surface area (Å²) in [5.41, 5.74) is 1.31. The fourth-order valence-corrected chi connectivity index (χ4v) is 0.348. The molecule has 0 saturated heterocycles. The van der Waals surface area contributed by atoms with Crippen molar-refractivity contribution in [1.82, 2.24) is 10.8 Å². The summed E-state index contributed by atoms with van der Waals surface area (Å²) in [5, 5.41) is 17.9. The molecule has 0 fully saturated rings. The molecule has 10 heavy (non-hydrogen) atoms. The predicted molar refractivity (Wildman–Crippen MR) is 30.6 cm³/mol. The van der Waals surface area contributed by atoms with E-state index in [0.717, 1.165) is 0 Å². The van der Waals surface area contributed by atoms with E-state index in [2.05, 4.69) is 0 Å². The molecule has 6 heteroatoms. The van der Waals surface area contributed by atoms with Crippen LogP contribution in [-0.4, -0.2) is 28.4 Å². The first-order valence-electron chi connectivity index (χ1n) is 2.51. The smallest absolute Gasteiger partial charge is 0.405 e. The van der Waals surface area contributed by atoms with Gasteiger partial charge in [-0.3, -0.25) is 10.0 Å². The van der Waals surface area contributed by atoms with E-state index in [-0.39, 0.29) is 0 Å². The summed E-state index contributed by atoms with van der Waals surface area (Å²) in [4.78, 5) is 20.2. The minimum absolute atomic E-state index is 0.789. The van der Waals surface area contributed by atoms with E-state index in [0.29, 0.717) is 0 Å². The van der Waals surface area contributed by atoms with Crippen molar-refractivity contribution in [1.29, 1.82) is 0 Å². The Morgan fingerprint density at radius 1 is 1.50 bits per heavy atom. The monoisotopic (exact) mass is 148 g/mol. The number of hydrogen-bond donors (Lipinski definition) is 4. The molecule has 0 aromatic rings. The van der Waals surface area contributed by atoms with Crippen molar-refractivity contribution in [3.05, 3.63) is 0 Å². The second-order valence-corrected chi connectivity index (χ2v) is 1.65. The Morgan fingerprint density at radius 2 is 2.00 bits per heavy atom. The third-order valence-corrected chi connectivity index (χ3v) is 0.843. The van der Waals surface area contributed by atoms with E-state index >= 15 is 0 Å². The number of carboxylic acid groups (broad SMARTS) is 1. The minimum atomic E-state index is -1.31. The number of amides is 2. The summed E-state index contributed by atoms with van der Waals surface area (Å²) in [7, 11) is 0. The van der Waals surface area contributed by atoms with Crippen LogP contribution in [0.2, 0.25) is 0 Å². The van der Waals surface area contributed by atoms with Gasteiger partial charge in [0.2, 0.25) is 0 Å². The molecular weight excluding hydrogens is 140 g/mol. The zero-order chi connectivity index (χ0) is 8.15. The molecule has 6 nitrogen and oxygen atoms in total. The number of hydroxylamine groups is 1. The number of rotatable bonds is 2. The highest BCUT2D eigenvalue weighted by Gasteiger charge is 2.12. The van der Waals surface area contributed by atoms with Crippen LogP contribution in [0.5, 0.6) is 0 Å². The highest BCUT2D eigenvalue weighted by molar-refractivity contribution is 5.83. The summed E-state index contributed by atoms with van der Waals surface area (Å²) in [6.45, 7) is 1.31. The molecule has 0 aromatic carbocycles. The van der Waals surface area contributed by atoms with Crippen molar-refractivity contribution in [2.75, 3.05) is 0 Å². The standard InChI is InChI=1S/C4H8N2O4/c1-2(3(7)6-10)5-4(8)9/h2,5,10H,1H3,(H,6,7)(H,8,9). The van der Waals surface area contributed by atoms with Crippen molar-refractivity contribution >= 4 is 12.0 Å². The molecule has 0 rings (SSSR count). The van der Waals surface area contributed by atoms with Crippen molar-refractivity contribution in [2.45, 2.75) is 13.0 Å². The van der Waals surface area contributed by atoms with Gasteiger partial charge in [-0.2, -0.15) is 0 Å². The number of nitrogens with one attached hydrogen (secondary N) is 2. The number of hydrogen-bond acceptors (Lipinski definition) is 3. The quantitative estimate of drug-likeness (QED) is 0.302. The van der Waals surface area contributed by atoms with Gasteiger partial charge in [0, 0.05) is 0 Å². The average molecular weight is 148 g/mol. The molecule has 2 amide bonds. The molecule has 0 saturated carbocycles. The van der Waals surface area contributed by atoms with Gasteiger partial charge in [-0.05, 0) is 6.92 Å². The van der Waals surface area contributed by atoms with Crippen LogP contribution in [-0.2, 0) is 4.79 Å². The van der Waals surface area contributed by atoms with Gasteiger partial charge in [-0.15, -0.1) is 0 Å². The fraction of sp³-hybridized carbons (Fsp3) is 0.500. The molecule has 0 aliphatic carbocycles. The first kappa shape index (κ1) is 8.70. The summed E-state index contributed by atoms with van der Waals surface area (Å²) in [5.74, 6) is -0.789. The molecule has 4 N–H and O–H groups in total. The molecule has 1 atom stereocenters. The highest BCUT2D eigenvalue weighted by Crippen LogP contribution is 1.79. The van der Waals surface area contributed by atoms with E-state index in [1.54, 1.807) is 0 Å². The Morgan fingerprint density at radius 3 is 2.30 bits per heavy atom. The van der Waals surface area contributed by atoms with Crippen molar-refractivity contribution in [3.63, 3.8) is 0 Å². The molecule has 0 aliphatic heterocycles. The van der Waals surface area contributed by atoms with Gasteiger partial charge in [-0.25, -0.2) is 10.3 Å². The molecule has 0 spiro atoms. The minimum Gasteiger partial charge on any atom is -0.465 e. The van der Waals surface area contributed by atoms with E-state index in [1.807, 2.05) is 5.32 Å². The second kappa shape index (κ2) is 3.67. The maximum Gasteiger partial charge on any atom is 0.405 e. The van der Waals surface area contributed by atoms with Crippen molar-refractivity contribution < 1.29 is 19.9 Å². The van der Waals surface area contributed by atoms with Crippen molar-refractivity contribution in [3.8, 4) is 0 Å². The SMILES string of the molecule is CC(NC(=O)O)C(=O)NO. The molecular formula is C4H8N2O4. The topological polar surface area (TPSA) is 98.7 Å².